The van der Waals surface area contributed by atoms with Gasteiger partial charge >= 0.3 is 5.97 Å². The minimum absolute atomic E-state index is 0.138. The Morgan fingerprint density at radius 3 is 2.89 bits per heavy atom. The highest BCUT2D eigenvalue weighted by molar-refractivity contribution is 8.00. The molecule has 2 aromatic rings. The van der Waals surface area contributed by atoms with Crippen LogP contribution in [0.3, 0.4) is 0 Å². The van der Waals surface area contributed by atoms with E-state index in [1.807, 2.05) is 18.2 Å². The Hall–Kier alpha value is -1.40. The topological polar surface area (TPSA) is 52.1 Å². The molecule has 0 aliphatic heterocycles. The zero-order valence-electron chi connectivity index (χ0n) is 9.83. The van der Waals surface area contributed by atoms with Gasteiger partial charge in [0.25, 0.3) is 0 Å². The molecule has 0 N–H and O–H groups in total. The Labute approximate surface area is 114 Å². The maximum absolute atomic E-state index is 11.1. The van der Waals surface area contributed by atoms with Crippen molar-refractivity contribution in [3.05, 3.63) is 41.7 Å². The van der Waals surface area contributed by atoms with Crippen molar-refractivity contribution in [3.8, 4) is 0 Å². The zero-order valence-corrected chi connectivity index (χ0v) is 11.5. The lowest BCUT2D eigenvalue weighted by Crippen LogP contribution is -2.05. The molecule has 0 fully saturated rings. The van der Waals surface area contributed by atoms with Gasteiger partial charge in [-0.15, -0.1) is 0 Å². The number of hydrogen-bond donors (Lipinski definition) is 0. The highest BCUT2D eigenvalue weighted by Crippen LogP contribution is 2.24. The first-order chi connectivity index (χ1) is 8.78. The van der Waals surface area contributed by atoms with Gasteiger partial charge in [0, 0.05) is 5.75 Å². The number of esters is 1. The van der Waals surface area contributed by atoms with Crippen LogP contribution in [-0.4, -0.2) is 22.4 Å². The predicted molar refractivity (Wildman–Crippen MR) is 71.6 cm³/mol. The Morgan fingerprint density at radius 1 is 1.39 bits per heavy atom. The minimum Gasteiger partial charge on any atom is -0.469 e. The van der Waals surface area contributed by atoms with E-state index in [-0.39, 0.29) is 12.4 Å². The van der Waals surface area contributed by atoms with Gasteiger partial charge in [-0.3, -0.25) is 4.79 Å². The molecule has 6 heteroatoms. The summed E-state index contributed by atoms with van der Waals surface area (Å²) in [5, 5.41) is 0. The lowest BCUT2D eigenvalue weighted by atomic mass is 10.2. The zero-order chi connectivity index (χ0) is 12.8. The van der Waals surface area contributed by atoms with E-state index in [1.54, 1.807) is 11.8 Å². The second-order valence-corrected chi connectivity index (χ2v) is 5.48. The van der Waals surface area contributed by atoms with Crippen LogP contribution in [0.4, 0.5) is 0 Å². The van der Waals surface area contributed by atoms with E-state index >= 15 is 0 Å². The highest BCUT2D eigenvalue weighted by atomic mass is 32.2. The Balaban J connectivity index is 1.89. The fourth-order valence-corrected chi connectivity index (χ4v) is 2.88. The van der Waals surface area contributed by atoms with Gasteiger partial charge in [-0.05, 0) is 17.1 Å². The summed E-state index contributed by atoms with van der Waals surface area (Å²) >= 11 is 2.94. The first kappa shape index (κ1) is 13.0. The molecule has 0 saturated heterocycles. The molecule has 0 aliphatic rings. The molecule has 0 unspecified atom stereocenters. The van der Waals surface area contributed by atoms with Crippen molar-refractivity contribution in [1.82, 2.24) is 9.36 Å². The number of rotatable bonds is 5. The molecule has 2 rings (SSSR count). The normalized spacial score (nSPS) is 10.3. The molecule has 0 bridgehead atoms. The van der Waals surface area contributed by atoms with E-state index in [4.69, 9.17) is 0 Å². The first-order valence-electron chi connectivity index (χ1n) is 5.34. The second kappa shape index (κ2) is 6.51. The summed E-state index contributed by atoms with van der Waals surface area (Å²) in [4.78, 5) is 15.3. The number of hydrogen-bond acceptors (Lipinski definition) is 6. The van der Waals surface area contributed by atoms with Gasteiger partial charge < -0.3 is 4.74 Å². The predicted octanol–water partition coefficient (Wildman–Crippen LogP) is 2.55. The van der Waals surface area contributed by atoms with Crippen LogP contribution in [-0.2, 0) is 21.7 Å². The number of methoxy groups -OCH3 is 1. The molecule has 1 heterocycles. The Morgan fingerprint density at radius 2 is 2.17 bits per heavy atom. The number of carbonyl (C=O) groups excluding carboxylic acids is 1. The lowest BCUT2D eigenvalue weighted by Gasteiger charge is -1.97. The van der Waals surface area contributed by atoms with Gasteiger partial charge in [-0.1, -0.05) is 42.1 Å². The molecule has 94 valence electrons. The van der Waals surface area contributed by atoms with Crippen molar-refractivity contribution in [1.29, 1.82) is 0 Å². The minimum atomic E-state index is -0.313. The van der Waals surface area contributed by atoms with Gasteiger partial charge in [0.15, 0.2) is 10.2 Å². The van der Waals surface area contributed by atoms with Gasteiger partial charge in [0.2, 0.25) is 0 Å². The van der Waals surface area contributed by atoms with Gasteiger partial charge in [0.05, 0.1) is 7.11 Å². The molecule has 0 aliphatic carbocycles. The Bertz CT molecular complexity index is 514. The lowest BCUT2D eigenvalue weighted by molar-refractivity contribution is -0.139. The van der Waals surface area contributed by atoms with Crippen LogP contribution in [0.15, 0.2) is 34.7 Å². The third-order valence-electron chi connectivity index (χ3n) is 2.18. The van der Waals surface area contributed by atoms with Gasteiger partial charge in [0.1, 0.15) is 6.42 Å². The quantitative estimate of drug-likeness (QED) is 0.622. The molecular formula is C12H12N2O2S2. The van der Waals surface area contributed by atoms with Crippen LogP contribution in [0.1, 0.15) is 11.4 Å². The average molecular weight is 280 g/mol. The summed E-state index contributed by atoms with van der Waals surface area (Å²) in [6, 6.07) is 10.2. The fourth-order valence-electron chi connectivity index (χ4n) is 1.29. The second-order valence-electron chi connectivity index (χ2n) is 3.50. The standard InChI is InChI=1S/C12H12N2O2S2/c1-16-11(15)7-10-13-12(18-14-10)17-8-9-5-3-2-4-6-9/h2-6H,7-8H2,1H3. The largest absolute Gasteiger partial charge is 0.469 e. The van der Waals surface area contributed by atoms with Crippen LogP contribution in [0, 0.1) is 0 Å². The average Bonchev–Trinajstić information content (AvgIpc) is 2.85. The van der Waals surface area contributed by atoms with Crippen LogP contribution >= 0.6 is 23.3 Å². The number of thioether (sulfide) groups is 1. The summed E-state index contributed by atoms with van der Waals surface area (Å²) in [5.41, 5.74) is 1.24. The molecule has 18 heavy (non-hydrogen) atoms. The van der Waals surface area contributed by atoms with E-state index < -0.39 is 0 Å². The first-order valence-corrected chi connectivity index (χ1v) is 7.10. The van der Waals surface area contributed by atoms with E-state index in [0.717, 1.165) is 10.1 Å². The molecule has 0 atom stereocenters. The van der Waals surface area contributed by atoms with E-state index in [0.29, 0.717) is 5.82 Å². The molecule has 4 nitrogen and oxygen atoms in total. The molecule has 1 aromatic heterocycles. The van der Waals surface area contributed by atoms with E-state index in [9.17, 15) is 4.79 Å². The maximum Gasteiger partial charge on any atom is 0.313 e. The summed E-state index contributed by atoms with van der Waals surface area (Å²) in [6.07, 6.45) is 0.138. The van der Waals surface area contributed by atoms with Crippen molar-refractivity contribution >= 4 is 29.3 Å². The Kier molecular flexibility index (Phi) is 4.72. The molecule has 1 aromatic carbocycles. The summed E-state index contributed by atoms with van der Waals surface area (Å²) in [7, 11) is 1.36. The van der Waals surface area contributed by atoms with Crippen LogP contribution in [0.2, 0.25) is 0 Å². The highest BCUT2D eigenvalue weighted by Gasteiger charge is 2.09. The molecule has 0 saturated carbocycles. The smallest absolute Gasteiger partial charge is 0.313 e. The number of ether oxygens (including phenoxy) is 1. The SMILES string of the molecule is COC(=O)Cc1nsc(SCc2ccccc2)n1. The number of nitrogens with zero attached hydrogens (tertiary/aromatic N) is 2. The van der Waals surface area contributed by atoms with Crippen molar-refractivity contribution in [2.45, 2.75) is 16.5 Å². The van der Waals surface area contributed by atoms with E-state index in [2.05, 4.69) is 26.2 Å². The van der Waals surface area contributed by atoms with Gasteiger partial charge in [-0.25, -0.2) is 4.98 Å². The van der Waals surface area contributed by atoms with Crippen molar-refractivity contribution in [2.75, 3.05) is 7.11 Å². The molecule has 0 amide bonds. The summed E-state index contributed by atoms with van der Waals surface area (Å²) in [5.74, 6) is 1.07. The van der Waals surface area contributed by atoms with Crippen molar-refractivity contribution in [2.24, 2.45) is 0 Å². The van der Waals surface area contributed by atoms with Crippen LogP contribution in [0.25, 0.3) is 0 Å². The number of aromatic nitrogens is 2. The fraction of sp³-hybridized carbons (Fsp3) is 0.250. The number of carbonyl (C=O) groups is 1. The van der Waals surface area contributed by atoms with Crippen LogP contribution < -0.4 is 0 Å². The molecule has 0 radical (unpaired) electrons. The third-order valence-corrected chi connectivity index (χ3v) is 4.13. The monoisotopic (exact) mass is 280 g/mol. The molecule has 0 spiro atoms. The van der Waals surface area contributed by atoms with Gasteiger partial charge in [-0.2, -0.15) is 4.37 Å². The third kappa shape index (κ3) is 3.82. The summed E-state index contributed by atoms with van der Waals surface area (Å²) < 4.78 is 9.57. The summed E-state index contributed by atoms with van der Waals surface area (Å²) in [6.45, 7) is 0. The van der Waals surface area contributed by atoms with Crippen LogP contribution in [0.5, 0.6) is 0 Å². The molecular weight excluding hydrogens is 268 g/mol. The maximum atomic E-state index is 11.1. The van der Waals surface area contributed by atoms with E-state index in [1.165, 1.54) is 24.2 Å². The van der Waals surface area contributed by atoms with Crippen molar-refractivity contribution in [3.63, 3.8) is 0 Å². The van der Waals surface area contributed by atoms with Crippen molar-refractivity contribution < 1.29 is 9.53 Å². The number of benzene rings is 1.